The van der Waals surface area contributed by atoms with Crippen molar-refractivity contribution >= 4 is 5.69 Å². The lowest BCUT2D eigenvalue weighted by Crippen LogP contribution is -2.57. The number of nitrogens with zero attached hydrogens (tertiary/aromatic N) is 1. The van der Waals surface area contributed by atoms with Crippen LogP contribution in [0.1, 0.15) is 18.1 Å². The molecule has 0 bridgehead atoms. The molecular formula is C14H22N2O. The van der Waals surface area contributed by atoms with Crippen molar-refractivity contribution < 1.29 is 5.11 Å². The van der Waals surface area contributed by atoms with E-state index in [0.29, 0.717) is 6.04 Å². The molecule has 1 aliphatic heterocycles. The molecule has 1 fully saturated rings. The molecule has 0 amide bonds. The van der Waals surface area contributed by atoms with Crippen molar-refractivity contribution in [3.05, 3.63) is 29.3 Å². The van der Waals surface area contributed by atoms with E-state index in [1.54, 1.807) is 0 Å². The highest BCUT2D eigenvalue weighted by Crippen LogP contribution is 2.26. The summed E-state index contributed by atoms with van der Waals surface area (Å²) in [5.74, 6) is 0. The van der Waals surface area contributed by atoms with Gasteiger partial charge in [0.25, 0.3) is 0 Å². The van der Waals surface area contributed by atoms with Crippen LogP contribution >= 0.6 is 0 Å². The number of para-hydroxylation sites is 1. The number of aryl methyl sites for hydroxylation is 2. The molecule has 1 saturated heterocycles. The van der Waals surface area contributed by atoms with Crippen LogP contribution in [0.25, 0.3) is 0 Å². The normalized spacial score (nSPS) is 25.1. The molecule has 1 aromatic carbocycles. The summed E-state index contributed by atoms with van der Waals surface area (Å²) >= 11 is 0. The van der Waals surface area contributed by atoms with Crippen molar-refractivity contribution in [1.29, 1.82) is 0 Å². The number of hydrogen-bond donors (Lipinski definition) is 2. The lowest BCUT2D eigenvalue weighted by Gasteiger charge is -2.39. The van der Waals surface area contributed by atoms with Gasteiger partial charge >= 0.3 is 0 Å². The van der Waals surface area contributed by atoms with Crippen molar-refractivity contribution in [1.82, 2.24) is 5.32 Å². The Morgan fingerprint density at radius 2 is 1.94 bits per heavy atom. The van der Waals surface area contributed by atoms with E-state index in [-0.39, 0.29) is 12.6 Å². The Kier molecular flexibility index (Phi) is 3.69. The molecule has 94 valence electrons. The summed E-state index contributed by atoms with van der Waals surface area (Å²) in [6.07, 6.45) is 0. The Morgan fingerprint density at radius 1 is 1.29 bits per heavy atom. The maximum Gasteiger partial charge on any atom is 0.0602 e. The van der Waals surface area contributed by atoms with E-state index < -0.39 is 0 Å². The van der Waals surface area contributed by atoms with Gasteiger partial charge in [0.15, 0.2) is 0 Å². The molecule has 0 radical (unpaired) electrons. The monoisotopic (exact) mass is 234 g/mol. The number of hydrogen-bond acceptors (Lipinski definition) is 3. The van der Waals surface area contributed by atoms with Crippen molar-refractivity contribution in [2.75, 3.05) is 24.6 Å². The minimum Gasteiger partial charge on any atom is -0.395 e. The summed E-state index contributed by atoms with van der Waals surface area (Å²) < 4.78 is 0. The number of nitrogens with one attached hydrogen (secondary N) is 1. The molecule has 0 spiro atoms. The van der Waals surface area contributed by atoms with Crippen LogP contribution in [0.3, 0.4) is 0 Å². The SMILES string of the molecule is Cc1cccc(C)c1N1CC(C)NC(CO)C1. The van der Waals surface area contributed by atoms with E-state index in [1.807, 2.05) is 0 Å². The van der Waals surface area contributed by atoms with Crippen LogP contribution in [0.2, 0.25) is 0 Å². The fraction of sp³-hybridized carbons (Fsp3) is 0.571. The van der Waals surface area contributed by atoms with E-state index in [4.69, 9.17) is 0 Å². The quantitative estimate of drug-likeness (QED) is 0.813. The maximum absolute atomic E-state index is 9.32. The van der Waals surface area contributed by atoms with Crippen molar-refractivity contribution in [2.24, 2.45) is 0 Å². The van der Waals surface area contributed by atoms with Gasteiger partial charge in [-0.2, -0.15) is 0 Å². The minimum atomic E-state index is 0.178. The summed E-state index contributed by atoms with van der Waals surface area (Å²) in [4.78, 5) is 2.40. The van der Waals surface area contributed by atoms with Crippen LogP contribution in [0, 0.1) is 13.8 Å². The van der Waals surface area contributed by atoms with E-state index in [0.717, 1.165) is 13.1 Å². The fourth-order valence-electron chi connectivity index (χ4n) is 2.78. The molecule has 3 heteroatoms. The summed E-state index contributed by atoms with van der Waals surface area (Å²) in [5, 5.41) is 12.7. The van der Waals surface area contributed by atoms with Crippen LogP contribution < -0.4 is 10.2 Å². The van der Waals surface area contributed by atoms with Crippen molar-refractivity contribution in [3.63, 3.8) is 0 Å². The second-order valence-corrected chi connectivity index (χ2v) is 5.09. The maximum atomic E-state index is 9.32. The first kappa shape index (κ1) is 12.4. The van der Waals surface area contributed by atoms with Crippen molar-refractivity contribution in [2.45, 2.75) is 32.9 Å². The second-order valence-electron chi connectivity index (χ2n) is 5.09. The van der Waals surface area contributed by atoms with Gasteiger partial charge in [-0.1, -0.05) is 18.2 Å². The first-order chi connectivity index (χ1) is 8.11. The molecule has 3 nitrogen and oxygen atoms in total. The summed E-state index contributed by atoms with van der Waals surface area (Å²) in [6, 6.07) is 7.01. The largest absolute Gasteiger partial charge is 0.395 e. The number of piperazine rings is 1. The Hall–Kier alpha value is -1.06. The van der Waals surface area contributed by atoms with Crippen LogP contribution in [-0.2, 0) is 0 Å². The zero-order valence-electron chi connectivity index (χ0n) is 10.9. The highest BCUT2D eigenvalue weighted by Gasteiger charge is 2.24. The Bertz CT molecular complexity index is 372. The fourth-order valence-corrected chi connectivity index (χ4v) is 2.78. The van der Waals surface area contributed by atoms with Crippen LogP contribution in [0.5, 0.6) is 0 Å². The molecule has 2 atom stereocenters. The van der Waals surface area contributed by atoms with E-state index in [2.05, 4.69) is 49.2 Å². The minimum absolute atomic E-state index is 0.178. The molecule has 0 aromatic heterocycles. The van der Waals surface area contributed by atoms with Crippen LogP contribution in [0.4, 0.5) is 5.69 Å². The third-order valence-electron chi connectivity index (χ3n) is 3.43. The zero-order chi connectivity index (χ0) is 12.4. The van der Waals surface area contributed by atoms with Gasteiger partial charge in [0.05, 0.1) is 6.61 Å². The summed E-state index contributed by atoms with van der Waals surface area (Å²) in [7, 11) is 0. The second kappa shape index (κ2) is 5.07. The average molecular weight is 234 g/mol. The first-order valence-electron chi connectivity index (χ1n) is 6.30. The Morgan fingerprint density at radius 3 is 2.53 bits per heavy atom. The number of rotatable bonds is 2. The van der Waals surface area contributed by atoms with Crippen LogP contribution in [0.15, 0.2) is 18.2 Å². The molecule has 1 aromatic rings. The smallest absolute Gasteiger partial charge is 0.0602 e. The molecular weight excluding hydrogens is 212 g/mol. The predicted octanol–water partition coefficient (Wildman–Crippen LogP) is 1.46. The third-order valence-corrected chi connectivity index (χ3v) is 3.43. The molecule has 2 N–H and O–H groups in total. The van der Waals surface area contributed by atoms with Gasteiger partial charge < -0.3 is 15.3 Å². The van der Waals surface area contributed by atoms with Gasteiger partial charge in [0.2, 0.25) is 0 Å². The van der Waals surface area contributed by atoms with Gasteiger partial charge in [-0.3, -0.25) is 0 Å². The standard InChI is InChI=1S/C14H22N2O/c1-10-5-4-6-11(2)14(10)16-7-12(3)15-13(8-16)9-17/h4-6,12-13,15,17H,7-9H2,1-3H3. The number of aliphatic hydroxyl groups is 1. The highest BCUT2D eigenvalue weighted by atomic mass is 16.3. The Balaban J connectivity index is 2.26. The van der Waals surface area contributed by atoms with E-state index >= 15 is 0 Å². The first-order valence-corrected chi connectivity index (χ1v) is 6.30. The van der Waals surface area contributed by atoms with Crippen molar-refractivity contribution in [3.8, 4) is 0 Å². The van der Waals surface area contributed by atoms with Gasteiger partial charge in [0, 0.05) is 30.9 Å². The topological polar surface area (TPSA) is 35.5 Å². The van der Waals surface area contributed by atoms with Crippen LogP contribution in [-0.4, -0.2) is 36.9 Å². The van der Waals surface area contributed by atoms with E-state index in [9.17, 15) is 5.11 Å². The molecule has 17 heavy (non-hydrogen) atoms. The summed E-state index contributed by atoms with van der Waals surface area (Å²) in [6.45, 7) is 8.56. The summed E-state index contributed by atoms with van der Waals surface area (Å²) in [5.41, 5.74) is 3.96. The van der Waals surface area contributed by atoms with Gasteiger partial charge in [-0.15, -0.1) is 0 Å². The molecule has 0 saturated carbocycles. The number of aliphatic hydroxyl groups excluding tert-OH is 1. The zero-order valence-corrected chi connectivity index (χ0v) is 10.9. The van der Waals surface area contributed by atoms with Gasteiger partial charge in [-0.05, 0) is 31.9 Å². The number of benzene rings is 1. The van der Waals surface area contributed by atoms with Gasteiger partial charge in [0.1, 0.15) is 0 Å². The third kappa shape index (κ3) is 2.61. The molecule has 1 heterocycles. The predicted molar refractivity (Wildman–Crippen MR) is 71.6 cm³/mol. The average Bonchev–Trinajstić information content (AvgIpc) is 2.28. The molecule has 2 rings (SSSR count). The van der Waals surface area contributed by atoms with E-state index in [1.165, 1.54) is 16.8 Å². The molecule has 2 unspecified atom stereocenters. The lowest BCUT2D eigenvalue weighted by molar-refractivity contribution is 0.221. The highest BCUT2D eigenvalue weighted by molar-refractivity contribution is 5.59. The Labute approximate surface area is 103 Å². The lowest BCUT2D eigenvalue weighted by atomic mass is 10.0. The number of anilines is 1. The van der Waals surface area contributed by atoms with Gasteiger partial charge in [-0.25, -0.2) is 0 Å². The molecule has 1 aliphatic rings. The molecule has 0 aliphatic carbocycles.